The van der Waals surface area contributed by atoms with Gasteiger partial charge in [0, 0.05) is 24.1 Å². The number of ether oxygens (including phenoxy) is 1. The molecule has 3 unspecified atom stereocenters. The van der Waals surface area contributed by atoms with E-state index in [2.05, 4.69) is 46.0 Å². The predicted molar refractivity (Wildman–Crippen MR) is 124 cm³/mol. The van der Waals surface area contributed by atoms with Crippen LogP contribution in [-0.2, 0) is 5.41 Å². The highest BCUT2D eigenvalue weighted by molar-refractivity contribution is 5.53. The van der Waals surface area contributed by atoms with Gasteiger partial charge in [-0.05, 0) is 68.6 Å². The Morgan fingerprint density at radius 1 is 1.17 bits per heavy atom. The summed E-state index contributed by atoms with van der Waals surface area (Å²) in [5, 5.41) is 23.8. The number of aromatic hydroxyl groups is 1. The van der Waals surface area contributed by atoms with Crippen LogP contribution in [0.1, 0.15) is 103 Å². The van der Waals surface area contributed by atoms with Crippen LogP contribution in [0.4, 0.5) is 0 Å². The molecule has 30 heavy (non-hydrogen) atoms. The number of phenols is 1. The van der Waals surface area contributed by atoms with Gasteiger partial charge in [-0.3, -0.25) is 0 Å². The first kappa shape index (κ1) is 23.4. The van der Waals surface area contributed by atoms with E-state index in [0.29, 0.717) is 24.3 Å². The maximum absolute atomic E-state index is 11.1. The van der Waals surface area contributed by atoms with E-state index in [1.165, 1.54) is 31.2 Å². The minimum atomic E-state index is -0.240. The molecule has 0 aromatic heterocycles. The summed E-state index contributed by atoms with van der Waals surface area (Å²) in [6, 6.07) is 4.59. The van der Waals surface area contributed by atoms with E-state index in [9.17, 15) is 10.2 Å². The molecule has 3 atom stereocenters. The van der Waals surface area contributed by atoms with Gasteiger partial charge in [-0.1, -0.05) is 46.5 Å². The van der Waals surface area contributed by atoms with Gasteiger partial charge in [0.25, 0.3) is 0 Å². The van der Waals surface area contributed by atoms with Gasteiger partial charge in [0.05, 0.1) is 6.61 Å². The van der Waals surface area contributed by atoms with Crippen LogP contribution in [-0.4, -0.2) is 35.0 Å². The van der Waals surface area contributed by atoms with E-state index in [4.69, 9.17) is 4.74 Å². The Morgan fingerprint density at radius 2 is 1.93 bits per heavy atom. The molecule has 0 radical (unpaired) electrons. The summed E-state index contributed by atoms with van der Waals surface area (Å²) in [6.07, 6.45) is 9.29. The zero-order chi connectivity index (χ0) is 21.9. The molecule has 0 bridgehead atoms. The first-order chi connectivity index (χ1) is 14.2. The van der Waals surface area contributed by atoms with Gasteiger partial charge in [-0.25, -0.2) is 0 Å². The third kappa shape index (κ3) is 4.96. The second-order valence-corrected chi connectivity index (χ2v) is 10.7. The van der Waals surface area contributed by atoms with Gasteiger partial charge in [0.1, 0.15) is 17.1 Å². The summed E-state index contributed by atoms with van der Waals surface area (Å²) in [6.45, 7) is 12.0. The summed E-state index contributed by atoms with van der Waals surface area (Å²) in [4.78, 5) is 0. The van der Waals surface area contributed by atoms with E-state index in [1.54, 1.807) is 0 Å². The lowest BCUT2D eigenvalue weighted by atomic mass is 9.65. The summed E-state index contributed by atoms with van der Waals surface area (Å²) < 4.78 is 6.54. The molecule has 0 amide bonds. The van der Waals surface area contributed by atoms with Crippen molar-refractivity contribution in [1.29, 1.82) is 0 Å². The number of unbranched alkanes of at least 4 members (excludes halogenated alkanes) is 3. The monoisotopic (exact) mass is 417 g/mol. The Balaban J connectivity index is 1.87. The standard InChI is InChI=1S/C26H43NO3/c1-6-7-8-9-12-25(2,3)18-15-22(29)24-20-17-19(27-13-14-28)10-11-21(20)26(4,5)30-23(24)16-18/h15-16,19-21,27-29H,6-14,17H2,1-5H3. The topological polar surface area (TPSA) is 61.7 Å². The van der Waals surface area contributed by atoms with Crippen molar-refractivity contribution in [2.75, 3.05) is 13.2 Å². The molecule has 1 aliphatic heterocycles. The lowest BCUT2D eigenvalue weighted by molar-refractivity contribution is -0.0124. The molecule has 1 aliphatic carbocycles. The van der Waals surface area contributed by atoms with Crippen LogP contribution in [0, 0.1) is 5.92 Å². The first-order valence-corrected chi connectivity index (χ1v) is 12.1. The number of aliphatic hydroxyl groups is 1. The highest BCUT2D eigenvalue weighted by Gasteiger charge is 2.47. The Morgan fingerprint density at radius 3 is 2.63 bits per heavy atom. The van der Waals surface area contributed by atoms with Crippen molar-refractivity contribution in [1.82, 2.24) is 5.32 Å². The van der Waals surface area contributed by atoms with Crippen molar-refractivity contribution >= 4 is 0 Å². The van der Waals surface area contributed by atoms with Gasteiger partial charge in [-0.2, -0.15) is 0 Å². The van der Waals surface area contributed by atoms with E-state index in [0.717, 1.165) is 37.0 Å². The summed E-state index contributed by atoms with van der Waals surface area (Å²) in [5.41, 5.74) is 1.95. The smallest absolute Gasteiger partial charge is 0.127 e. The normalized spacial score (nSPS) is 25.3. The maximum atomic E-state index is 11.1. The number of hydrogen-bond donors (Lipinski definition) is 3. The van der Waals surface area contributed by atoms with Crippen molar-refractivity contribution in [3.05, 3.63) is 23.3 Å². The van der Waals surface area contributed by atoms with Crippen molar-refractivity contribution in [2.24, 2.45) is 5.92 Å². The largest absolute Gasteiger partial charge is 0.508 e. The van der Waals surface area contributed by atoms with Crippen LogP contribution in [0.3, 0.4) is 0 Å². The zero-order valence-electron chi connectivity index (χ0n) is 19.8. The first-order valence-electron chi connectivity index (χ1n) is 12.1. The van der Waals surface area contributed by atoms with Gasteiger partial charge >= 0.3 is 0 Å². The predicted octanol–water partition coefficient (Wildman–Crippen LogP) is 5.65. The average molecular weight is 418 g/mol. The molecule has 170 valence electrons. The summed E-state index contributed by atoms with van der Waals surface area (Å²) in [5.74, 6) is 1.96. The Bertz CT molecular complexity index is 712. The Labute approximate surface area is 183 Å². The van der Waals surface area contributed by atoms with Crippen LogP contribution in [0.5, 0.6) is 11.5 Å². The zero-order valence-corrected chi connectivity index (χ0v) is 19.8. The number of aliphatic hydroxyl groups excluding tert-OH is 1. The fraction of sp³-hybridized carbons (Fsp3) is 0.769. The minimum Gasteiger partial charge on any atom is -0.508 e. The molecule has 4 heteroatoms. The maximum Gasteiger partial charge on any atom is 0.127 e. The highest BCUT2D eigenvalue weighted by atomic mass is 16.5. The number of benzene rings is 1. The van der Waals surface area contributed by atoms with Crippen LogP contribution in [0.2, 0.25) is 0 Å². The van der Waals surface area contributed by atoms with Gasteiger partial charge < -0.3 is 20.3 Å². The second kappa shape index (κ2) is 9.48. The van der Waals surface area contributed by atoms with Crippen LogP contribution >= 0.6 is 0 Å². The molecular weight excluding hydrogens is 374 g/mol. The minimum absolute atomic E-state index is 0.0163. The molecule has 0 saturated heterocycles. The fourth-order valence-corrected chi connectivity index (χ4v) is 5.73. The van der Waals surface area contributed by atoms with Crippen molar-refractivity contribution in [2.45, 2.75) is 109 Å². The van der Waals surface area contributed by atoms with Crippen LogP contribution < -0.4 is 10.1 Å². The number of hydrogen-bond acceptors (Lipinski definition) is 4. The third-order valence-electron chi connectivity index (χ3n) is 7.59. The molecule has 1 saturated carbocycles. The fourth-order valence-electron chi connectivity index (χ4n) is 5.73. The van der Waals surface area contributed by atoms with Gasteiger partial charge in [0.2, 0.25) is 0 Å². The molecule has 1 fully saturated rings. The summed E-state index contributed by atoms with van der Waals surface area (Å²) in [7, 11) is 0. The number of rotatable bonds is 9. The Kier molecular flexibility index (Phi) is 7.40. The average Bonchev–Trinajstić information content (AvgIpc) is 2.68. The molecule has 1 aromatic carbocycles. The van der Waals surface area contributed by atoms with Crippen molar-refractivity contribution in [3.8, 4) is 11.5 Å². The van der Waals surface area contributed by atoms with Gasteiger partial charge in [0.15, 0.2) is 0 Å². The second-order valence-electron chi connectivity index (χ2n) is 10.7. The van der Waals surface area contributed by atoms with E-state index < -0.39 is 0 Å². The number of phenolic OH excluding ortho intramolecular Hbond substituents is 1. The van der Waals surface area contributed by atoms with E-state index in [-0.39, 0.29) is 23.5 Å². The summed E-state index contributed by atoms with van der Waals surface area (Å²) >= 11 is 0. The molecule has 2 aliphatic rings. The quantitative estimate of drug-likeness (QED) is 0.455. The molecule has 3 N–H and O–H groups in total. The lowest BCUT2D eigenvalue weighted by Gasteiger charge is -2.49. The molecule has 3 rings (SSSR count). The third-order valence-corrected chi connectivity index (χ3v) is 7.59. The van der Waals surface area contributed by atoms with E-state index in [1.807, 2.05) is 6.07 Å². The molecule has 1 aromatic rings. The number of nitrogens with one attached hydrogen (secondary N) is 1. The van der Waals surface area contributed by atoms with Crippen molar-refractivity contribution in [3.63, 3.8) is 0 Å². The molecule has 1 heterocycles. The SMILES string of the molecule is CCCCCCC(C)(C)c1cc(O)c2c(c1)OC(C)(C)C1CCC(NCCO)CC21. The van der Waals surface area contributed by atoms with Gasteiger partial charge in [-0.15, -0.1) is 0 Å². The van der Waals surface area contributed by atoms with Crippen LogP contribution in [0.25, 0.3) is 0 Å². The van der Waals surface area contributed by atoms with Crippen LogP contribution in [0.15, 0.2) is 12.1 Å². The van der Waals surface area contributed by atoms with E-state index >= 15 is 0 Å². The molecule has 0 spiro atoms. The molecular formula is C26H43NO3. The number of fused-ring (bicyclic) bond motifs is 3. The highest BCUT2D eigenvalue weighted by Crippen LogP contribution is 2.55. The lowest BCUT2D eigenvalue weighted by Crippen LogP contribution is -2.49. The molecule has 4 nitrogen and oxygen atoms in total. The van der Waals surface area contributed by atoms with Crippen molar-refractivity contribution < 1.29 is 14.9 Å². The Hall–Kier alpha value is -1.26.